The van der Waals surface area contributed by atoms with E-state index in [0.29, 0.717) is 13.1 Å². The maximum absolute atomic E-state index is 12.9. The lowest BCUT2D eigenvalue weighted by atomic mass is 10.2. The van der Waals surface area contributed by atoms with Crippen LogP contribution in [0.2, 0.25) is 5.02 Å². The van der Waals surface area contributed by atoms with Gasteiger partial charge in [0.25, 0.3) is 5.91 Å². The summed E-state index contributed by atoms with van der Waals surface area (Å²) in [7, 11) is -3.68. The third-order valence-electron chi connectivity index (χ3n) is 5.36. The lowest BCUT2D eigenvalue weighted by Gasteiger charge is -2.26. The van der Waals surface area contributed by atoms with Crippen molar-refractivity contribution in [2.24, 2.45) is 0 Å². The largest absolute Gasteiger partial charge is 0.454 e. The van der Waals surface area contributed by atoms with Gasteiger partial charge < -0.3 is 14.6 Å². The number of fused-ring (bicyclic) bond motifs is 1. The molecule has 0 radical (unpaired) electrons. The molecule has 33 heavy (non-hydrogen) atoms. The Hall–Kier alpha value is -2.95. The standard InChI is InChI=1S/C22H23ClN4O5S/c23-17-9-8-16(33(30,31)27-10-4-1-5-11-27)12-19(17)25-21(28)14-32-22(29)13-26-15-24-18-6-2-3-7-20(18)26/h2-3,6-9,12,15H,1,4-5,10-11,13-14H2,(H,25,28). The maximum Gasteiger partial charge on any atom is 0.326 e. The number of sulfonamides is 1. The first-order valence-electron chi connectivity index (χ1n) is 10.5. The minimum atomic E-state index is -3.68. The highest BCUT2D eigenvalue weighted by atomic mass is 35.5. The van der Waals surface area contributed by atoms with Gasteiger partial charge in [0.2, 0.25) is 10.0 Å². The zero-order valence-electron chi connectivity index (χ0n) is 17.7. The Balaban J connectivity index is 1.37. The average molecular weight is 491 g/mol. The predicted octanol–water partition coefficient (Wildman–Crippen LogP) is 3.05. The van der Waals surface area contributed by atoms with Gasteiger partial charge >= 0.3 is 5.97 Å². The van der Waals surface area contributed by atoms with Crippen molar-refractivity contribution in [3.8, 4) is 0 Å². The van der Waals surface area contributed by atoms with Crippen molar-refractivity contribution in [1.82, 2.24) is 13.9 Å². The first-order valence-corrected chi connectivity index (χ1v) is 12.3. The van der Waals surface area contributed by atoms with Gasteiger partial charge in [-0.15, -0.1) is 0 Å². The summed E-state index contributed by atoms with van der Waals surface area (Å²) in [5.41, 5.74) is 1.66. The number of rotatable bonds is 7. The van der Waals surface area contributed by atoms with Crippen LogP contribution in [-0.2, 0) is 30.9 Å². The third-order valence-corrected chi connectivity index (χ3v) is 7.58. The zero-order valence-corrected chi connectivity index (χ0v) is 19.3. The van der Waals surface area contributed by atoms with E-state index in [1.165, 1.54) is 28.8 Å². The number of para-hydroxylation sites is 2. The number of esters is 1. The van der Waals surface area contributed by atoms with E-state index in [1.807, 2.05) is 24.3 Å². The minimum Gasteiger partial charge on any atom is -0.454 e. The Kier molecular flexibility index (Phi) is 6.96. The number of piperidine rings is 1. The summed E-state index contributed by atoms with van der Waals surface area (Å²) in [5.74, 6) is -1.24. The van der Waals surface area contributed by atoms with Crippen LogP contribution in [0.5, 0.6) is 0 Å². The lowest BCUT2D eigenvalue weighted by molar-refractivity contribution is -0.147. The van der Waals surface area contributed by atoms with Crippen LogP contribution in [0.3, 0.4) is 0 Å². The number of halogens is 1. The highest BCUT2D eigenvalue weighted by Crippen LogP contribution is 2.28. The molecule has 174 valence electrons. The molecule has 0 spiro atoms. The number of anilines is 1. The topological polar surface area (TPSA) is 111 Å². The van der Waals surface area contributed by atoms with E-state index in [1.54, 1.807) is 4.57 Å². The number of aromatic nitrogens is 2. The molecule has 0 atom stereocenters. The third kappa shape index (κ3) is 5.35. The van der Waals surface area contributed by atoms with E-state index in [9.17, 15) is 18.0 Å². The van der Waals surface area contributed by atoms with E-state index in [4.69, 9.17) is 16.3 Å². The number of carbonyl (C=O) groups is 2. The van der Waals surface area contributed by atoms with E-state index >= 15 is 0 Å². The molecule has 0 bridgehead atoms. The van der Waals surface area contributed by atoms with Gasteiger partial charge in [-0.2, -0.15) is 4.31 Å². The van der Waals surface area contributed by atoms with Crippen LogP contribution in [0, 0.1) is 0 Å². The molecule has 9 nitrogen and oxygen atoms in total. The number of nitrogens with one attached hydrogen (secondary N) is 1. The number of carbonyl (C=O) groups excluding carboxylic acids is 2. The SMILES string of the molecule is O=C(COC(=O)Cn1cnc2ccccc21)Nc1cc(S(=O)(=O)N2CCCCC2)ccc1Cl. The molecular formula is C22H23ClN4O5S. The fraction of sp³-hybridized carbons (Fsp3) is 0.318. The number of hydrogen-bond donors (Lipinski definition) is 1. The van der Waals surface area contributed by atoms with Crippen molar-refractivity contribution in [3.63, 3.8) is 0 Å². The molecule has 0 aliphatic carbocycles. The van der Waals surface area contributed by atoms with Gasteiger partial charge in [0.15, 0.2) is 6.61 Å². The van der Waals surface area contributed by atoms with Crippen molar-refractivity contribution in [3.05, 3.63) is 53.8 Å². The highest BCUT2D eigenvalue weighted by Gasteiger charge is 2.26. The Bertz CT molecular complexity index is 1280. The Morgan fingerprint density at radius 3 is 2.64 bits per heavy atom. The first-order chi connectivity index (χ1) is 15.8. The molecule has 3 aromatic rings. The monoisotopic (exact) mass is 490 g/mol. The molecular weight excluding hydrogens is 468 g/mol. The van der Waals surface area contributed by atoms with Gasteiger partial charge in [-0.25, -0.2) is 13.4 Å². The van der Waals surface area contributed by atoms with Crippen LogP contribution in [0.25, 0.3) is 11.0 Å². The minimum absolute atomic E-state index is 0.0491. The number of ether oxygens (including phenoxy) is 1. The predicted molar refractivity (Wildman–Crippen MR) is 123 cm³/mol. The van der Waals surface area contributed by atoms with Crippen LogP contribution in [-0.4, -0.2) is 53.8 Å². The maximum atomic E-state index is 12.9. The fourth-order valence-electron chi connectivity index (χ4n) is 3.67. The molecule has 4 rings (SSSR count). The van der Waals surface area contributed by atoms with Crippen LogP contribution >= 0.6 is 11.6 Å². The van der Waals surface area contributed by atoms with E-state index < -0.39 is 28.5 Å². The number of amides is 1. The summed E-state index contributed by atoms with van der Waals surface area (Å²) >= 11 is 6.15. The van der Waals surface area contributed by atoms with E-state index in [-0.39, 0.29) is 22.2 Å². The number of imidazole rings is 1. The second-order valence-electron chi connectivity index (χ2n) is 7.68. The molecule has 1 saturated heterocycles. The van der Waals surface area contributed by atoms with E-state index in [2.05, 4.69) is 10.3 Å². The average Bonchev–Trinajstić information content (AvgIpc) is 3.22. The van der Waals surface area contributed by atoms with Gasteiger partial charge in [0, 0.05) is 13.1 Å². The lowest BCUT2D eigenvalue weighted by Crippen LogP contribution is -2.35. The van der Waals surface area contributed by atoms with Crippen molar-refractivity contribution in [2.45, 2.75) is 30.7 Å². The summed E-state index contributed by atoms with van der Waals surface area (Å²) in [6.45, 7) is 0.298. The van der Waals surface area contributed by atoms with Crippen molar-refractivity contribution >= 4 is 50.2 Å². The molecule has 1 aliphatic rings. The van der Waals surface area contributed by atoms with Gasteiger partial charge in [-0.3, -0.25) is 9.59 Å². The molecule has 1 N–H and O–H groups in total. The summed E-state index contributed by atoms with van der Waals surface area (Å²) in [6, 6.07) is 11.5. The van der Waals surface area contributed by atoms with Gasteiger partial charge in [-0.1, -0.05) is 30.2 Å². The number of hydrogen-bond acceptors (Lipinski definition) is 6. The second kappa shape index (κ2) is 9.90. The Morgan fingerprint density at radius 1 is 1.09 bits per heavy atom. The molecule has 2 aromatic carbocycles. The fourth-order valence-corrected chi connectivity index (χ4v) is 5.38. The molecule has 1 aliphatic heterocycles. The van der Waals surface area contributed by atoms with Crippen molar-refractivity contribution < 1.29 is 22.7 Å². The van der Waals surface area contributed by atoms with Crippen LogP contribution in [0.1, 0.15) is 19.3 Å². The first kappa shape index (κ1) is 23.2. The quantitative estimate of drug-likeness (QED) is 0.509. The molecule has 1 fully saturated rings. The summed E-state index contributed by atoms with van der Waals surface area (Å²) in [6.07, 6.45) is 4.16. The van der Waals surface area contributed by atoms with Crippen LogP contribution < -0.4 is 5.32 Å². The van der Waals surface area contributed by atoms with Crippen LogP contribution in [0.15, 0.2) is 53.7 Å². The summed E-state index contributed by atoms with van der Waals surface area (Å²) in [4.78, 5) is 28.7. The van der Waals surface area contributed by atoms with E-state index in [0.717, 1.165) is 30.3 Å². The Morgan fingerprint density at radius 2 is 1.85 bits per heavy atom. The second-order valence-corrected chi connectivity index (χ2v) is 10.0. The van der Waals surface area contributed by atoms with Gasteiger partial charge in [0.1, 0.15) is 6.54 Å². The van der Waals surface area contributed by atoms with Crippen molar-refractivity contribution in [1.29, 1.82) is 0 Å². The highest BCUT2D eigenvalue weighted by molar-refractivity contribution is 7.89. The smallest absolute Gasteiger partial charge is 0.326 e. The van der Waals surface area contributed by atoms with Crippen molar-refractivity contribution in [2.75, 3.05) is 25.0 Å². The molecule has 0 unspecified atom stereocenters. The number of nitrogens with zero attached hydrogens (tertiary/aromatic N) is 3. The van der Waals surface area contributed by atoms with Crippen LogP contribution in [0.4, 0.5) is 5.69 Å². The summed E-state index contributed by atoms with van der Waals surface area (Å²) < 4.78 is 33.9. The van der Waals surface area contributed by atoms with Gasteiger partial charge in [-0.05, 0) is 43.2 Å². The van der Waals surface area contributed by atoms with Gasteiger partial charge in [0.05, 0.1) is 33.0 Å². The molecule has 1 aromatic heterocycles. The molecule has 0 saturated carbocycles. The normalized spacial score (nSPS) is 14.8. The molecule has 1 amide bonds. The Labute approximate surface area is 196 Å². The molecule has 2 heterocycles. The zero-order chi connectivity index (χ0) is 23.4. The number of benzene rings is 2. The summed E-state index contributed by atoms with van der Waals surface area (Å²) in [5, 5.41) is 2.70. The molecule has 11 heteroatoms.